The van der Waals surface area contributed by atoms with E-state index in [9.17, 15) is 4.79 Å². The molecule has 0 aliphatic heterocycles. The van der Waals surface area contributed by atoms with Crippen LogP contribution >= 0.6 is 24.0 Å². The molecule has 156 valence electrons. The van der Waals surface area contributed by atoms with Gasteiger partial charge in [-0.2, -0.15) is 5.10 Å². The Balaban J connectivity index is 0.00000676. The first-order valence-electron chi connectivity index (χ1n) is 9.63. The van der Waals surface area contributed by atoms with Crippen LogP contribution in [0.5, 0.6) is 0 Å². The maximum atomic E-state index is 12.1. The number of halogens is 1. The monoisotopic (exact) mass is 492 g/mol. The highest BCUT2D eigenvalue weighted by molar-refractivity contribution is 14.0. The van der Waals surface area contributed by atoms with Crippen LogP contribution in [0, 0.1) is 0 Å². The number of hydrogen-bond donors (Lipinski definition) is 1. The molecule has 1 rings (SSSR count). The highest BCUT2D eigenvalue weighted by Crippen LogP contribution is 2.18. The van der Waals surface area contributed by atoms with E-state index in [1.54, 1.807) is 0 Å². The molecule has 0 bridgehead atoms. The molecule has 0 saturated heterocycles. The number of aliphatic imine (C=N–C) groups is 1. The first kappa shape index (κ1) is 25.7. The smallest absolute Gasteiger partial charge is 0.224 e. The molecule has 1 amide bonds. The van der Waals surface area contributed by atoms with Gasteiger partial charge in [-0.1, -0.05) is 13.8 Å². The Morgan fingerprint density at radius 1 is 1.30 bits per heavy atom. The normalized spacial score (nSPS) is 11.3. The molecule has 0 spiro atoms. The summed E-state index contributed by atoms with van der Waals surface area (Å²) in [6.45, 7) is 13.9. The van der Waals surface area contributed by atoms with Crippen molar-refractivity contribution in [2.24, 2.45) is 12.0 Å². The Labute approximate surface area is 181 Å². The SMILES string of the molecule is CCNC(=NCCC(=O)N(CC)CC)N(C)Cc1cn(C)nc1C(C)C.I. The van der Waals surface area contributed by atoms with Crippen molar-refractivity contribution >= 4 is 35.8 Å². The minimum absolute atomic E-state index is 0. The van der Waals surface area contributed by atoms with Crippen LogP contribution in [0.15, 0.2) is 11.2 Å². The molecule has 0 saturated carbocycles. The molecule has 8 heteroatoms. The second kappa shape index (κ2) is 13.0. The van der Waals surface area contributed by atoms with E-state index in [0.717, 1.165) is 37.8 Å². The van der Waals surface area contributed by atoms with Crippen LogP contribution in [0.3, 0.4) is 0 Å². The zero-order valence-corrected chi connectivity index (χ0v) is 20.3. The number of amides is 1. The fourth-order valence-corrected chi connectivity index (χ4v) is 2.95. The van der Waals surface area contributed by atoms with E-state index in [1.807, 2.05) is 44.4 Å². The molecule has 1 aromatic heterocycles. The molecule has 0 radical (unpaired) electrons. The lowest BCUT2D eigenvalue weighted by molar-refractivity contribution is -0.130. The van der Waals surface area contributed by atoms with Crippen LogP contribution in [0.2, 0.25) is 0 Å². The largest absolute Gasteiger partial charge is 0.357 e. The van der Waals surface area contributed by atoms with E-state index in [-0.39, 0.29) is 29.9 Å². The van der Waals surface area contributed by atoms with E-state index < -0.39 is 0 Å². The Bertz CT molecular complexity index is 595. The fourth-order valence-electron chi connectivity index (χ4n) is 2.95. The molecular formula is C19H37IN6O. The summed E-state index contributed by atoms with van der Waals surface area (Å²) >= 11 is 0. The first-order valence-corrected chi connectivity index (χ1v) is 9.63. The van der Waals surface area contributed by atoms with Crippen molar-refractivity contribution in [1.82, 2.24) is 24.9 Å². The average molecular weight is 492 g/mol. The van der Waals surface area contributed by atoms with Gasteiger partial charge in [-0.05, 0) is 26.7 Å². The Kier molecular flexibility index (Phi) is 12.3. The van der Waals surface area contributed by atoms with Gasteiger partial charge in [0, 0.05) is 58.5 Å². The third kappa shape index (κ3) is 8.06. The summed E-state index contributed by atoms with van der Waals surface area (Å²) < 4.78 is 1.87. The van der Waals surface area contributed by atoms with Crippen molar-refractivity contribution in [2.75, 3.05) is 33.2 Å². The van der Waals surface area contributed by atoms with Gasteiger partial charge in [0.1, 0.15) is 0 Å². The molecule has 0 aromatic carbocycles. The van der Waals surface area contributed by atoms with Crippen LogP contribution in [-0.4, -0.2) is 64.7 Å². The van der Waals surface area contributed by atoms with Crippen LogP contribution in [0.25, 0.3) is 0 Å². The van der Waals surface area contributed by atoms with E-state index in [4.69, 9.17) is 0 Å². The number of aromatic nitrogens is 2. The first-order chi connectivity index (χ1) is 12.3. The minimum Gasteiger partial charge on any atom is -0.357 e. The third-order valence-electron chi connectivity index (χ3n) is 4.29. The van der Waals surface area contributed by atoms with Crippen molar-refractivity contribution in [1.29, 1.82) is 0 Å². The lowest BCUT2D eigenvalue weighted by Crippen LogP contribution is -2.39. The third-order valence-corrected chi connectivity index (χ3v) is 4.29. The molecule has 0 aliphatic carbocycles. The number of carbonyl (C=O) groups excluding carboxylic acids is 1. The number of hydrogen-bond acceptors (Lipinski definition) is 3. The number of guanidine groups is 1. The molecule has 0 atom stereocenters. The molecule has 7 nitrogen and oxygen atoms in total. The van der Waals surface area contributed by atoms with Gasteiger partial charge in [0.2, 0.25) is 5.91 Å². The molecule has 1 aromatic rings. The highest BCUT2D eigenvalue weighted by Gasteiger charge is 2.15. The Hall–Kier alpha value is -1.32. The van der Waals surface area contributed by atoms with E-state index in [1.165, 1.54) is 5.56 Å². The maximum Gasteiger partial charge on any atom is 0.224 e. The topological polar surface area (TPSA) is 65.8 Å². The summed E-state index contributed by atoms with van der Waals surface area (Å²) in [5, 5.41) is 7.88. The van der Waals surface area contributed by atoms with Crippen LogP contribution < -0.4 is 5.32 Å². The van der Waals surface area contributed by atoms with Gasteiger partial charge in [-0.25, -0.2) is 0 Å². The van der Waals surface area contributed by atoms with Crippen LogP contribution in [-0.2, 0) is 18.4 Å². The predicted molar refractivity (Wildman–Crippen MR) is 123 cm³/mol. The van der Waals surface area contributed by atoms with Crippen molar-refractivity contribution in [3.63, 3.8) is 0 Å². The van der Waals surface area contributed by atoms with Crippen LogP contribution in [0.1, 0.15) is 58.2 Å². The van der Waals surface area contributed by atoms with Crippen molar-refractivity contribution < 1.29 is 4.79 Å². The lowest BCUT2D eigenvalue weighted by atomic mass is 10.1. The second-order valence-corrected chi connectivity index (χ2v) is 6.78. The molecule has 0 aliphatic rings. The Morgan fingerprint density at radius 2 is 1.93 bits per heavy atom. The number of carbonyl (C=O) groups is 1. The van der Waals surface area contributed by atoms with Crippen molar-refractivity contribution in [2.45, 2.75) is 53.5 Å². The number of nitrogens with zero attached hydrogens (tertiary/aromatic N) is 5. The summed E-state index contributed by atoms with van der Waals surface area (Å²) in [5.41, 5.74) is 2.32. The van der Waals surface area contributed by atoms with Gasteiger partial charge >= 0.3 is 0 Å². The van der Waals surface area contributed by atoms with E-state index in [0.29, 0.717) is 18.9 Å². The fraction of sp³-hybridized carbons (Fsp3) is 0.737. The summed E-state index contributed by atoms with van der Waals surface area (Å²) in [4.78, 5) is 20.7. The quantitative estimate of drug-likeness (QED) is 0.327. The van der Waals surface area contributed by atoms with Crippen molar-refractivity contribution in [3.05, 3.63) is 17.5 Å². The van der Waals surface area contributed by atoms with Crippen LogP contribution in [0.4, 0.5) is 0 Å². The predicted octanol–water partition coefficient (Wildman–Crippen LogP) is 2.82. The second-order valence-electron chi connectivity index (χ2n) is 6.78. The molecule has 0 fully saturated rings. The molecule has 1 N–H and O–H groups in total. The number of aryl methyl sites for hydroxylation is 1. The standard InChI is InChI=1S/C19H36N6O.HI/c1-8-20-19(21-12-11-17(26)25(9-2)10-3)23(6)13-16-14-24(7)22-18(16)15(4)5;/h14-15H,8-13H2,1-7H3,(H,20,21);1H. The summed E-state index contributed by atoms with van der Waals surface area (Å²) in [6.07, 6.45) is 2.51. The van der Waals surface area contributed by atoms with E-state index in [2.05, 4.69) is 40.4 Å². The summed E-state index contributed by atoms with van der Waals surface area (Å²) in [6, 6.07) is 0. The number of rotatable bonds is 9. The van der Waals surface area contributed by atoms with E-state index >= 15 is 0 Å². The lowest BCUT2D eigenvalue weighted by Gasteiger charge is -2.23. The van der Waals surface area contributed by atoms with Gasteiger partial charge in [-0.15, -0.1) is 24.0 Å². The van der Waals surface area contributed by atoms with Gasteiger partial charge in [0.05, 0.1) is 12.2 Å². The van der Waals surface area contributed by atoms with Gasteiger partial charge in [0.15, 0.2) is 5.96 Å². The number of nitrogens with one attached hydrogen (secondary N) is 1. The zero-order valence-electron chi connectivity index (χ0n) is 17.9. The van der Waals surface area contributed by atoms with Gasteiger partial charge in [0.25, 0.3) is 0 Å². The Morgan fingerprint density at radius 3 is 2.44 bits per heavy atom. The summed E-state index contributed by atoms with van der Waals surface area (Å²) in [7, 11) is 3.97. The average Bonchev–Trinajstić information content (AvgIpc) is 2.95. The van der Waals surface area contributed by atoms with Gasteiger partial charge in [-0.3, -0.25) is 14.5 Å². The molecular weight excluding hydrogens is 455 g/mol. The van der Waals surface area contributed by atoms with Crippen molar-refractivity contribution in [3.8, 4) is 0 Å². The highest BCUT2D eigenvalue weighted by atomic mass is 127. The zero-order chi connectivity index (χ0) is 19.7. The summed E-state index contributed by atoms with van der Waals surface area (Å²) in [5.74, 6) is 1.36. The minimum atomic E-state index is 0. The maximum absolute atomic E-state index is 12.1. The molecule has 0 unspecified atom stereocenters. The van der Waals surface area contributed by atoms with Gasteiger partial charge < -0.3 is 15.1 Å². The molecule has 27 heavy (non-hydrogen) atoms. The molecule has 1 heterocycles.